The normalized spacial score (nSPS) is 21.8. The highest BCUT2D eigenvalue weighted by Crippen LogP contribution is 2.32. The molecule has 6 heteroatoms. The first-order valence-corrected chi connectivity index (χ1v) is 9.46. The Balaban J connectivity index is 2.02. The quantitative estimate of drug-likeness (QED) is 0.888. The summed E-state index contributed by atoms with van der Waals surface area (Å²) in [6.07, 6.45) is 4.20. The van der Waals surface area contributed by atoms with Gasteiger partial charge in [0.1, 0.15) is 0 Å². The van der Waals surface area contributed by atoms with Crippen molar-refractivity contribution in [2.75, 3.05) is 19.8 Å². The van der Waals surface area contributed by atoms with Crippen LogP contribution in [-0.2, 0) is 21.2 Å². The predicted octanol–water partition coefficient (Wildman–Crippen LogP) is 1.42. The summed E-state index contributed by atoms with van der Waals surface area (Å²) in [5.41, 5.74) is 6.67. The van der Waals surface area contributed by atoms with Gasteiger partial charge in [-0.05, 0) is 43.0 Å². The molecule has 0 heterocycles. The lowest BCUT2D eigenvalue weighted by molar-refractivity contribution is -0.135. The molecule has 0 saturated heterocycles. The minimum Gasteiger partial charge on any atom is -0.341 e. The molecular weight excluding hydrogens is 300 g/mol. The number of hydrogen-bond donors (Lipinski definition) is 1. The number of amides is 1. The first-order chi connectivity index (χ1) is 10.3. The highest BCUT2D eigenvalue weighted by molar-refractivity contribution is 7.90. The van der Waals surface area contributed by atoms with Crippen molar-refractivity contribution in [2.45, 2.75) is 30.7 Å². The van der Waals surface area contributed by atoms with E-state index in [1.54, 1.807) is 36.2 Å². The fourth-order valence-corrected chi connectivity index (χ4v) is 3.75. The zero-order valence-electron chi connectivity index (χ0n) is 13.2. The summed E-state index contributed by atoms with van der Waals surface area (Å²) >= 11 is 0. The van der Waals surface area contributed by atoms with E-state index in [0.717, 1.165) is 24.8 Å². The average Bonchev–Trinajstić information content (AvgIpc) is 2.94. The van der Waals surface area contributed by atoms with Crippen LogP contribution in [0.15, 0.2) is 29.2 Å². The fraction of sp³-hybridized carbons (Fsp3) is 0.562. The Labute approximate surface area is 132 Å². The topological polar surface area (TPSA) is 80.5 Å². The highest BCUT2D eigenvalue weighted by Gasteiger charge is 2.33. The van der Waals surface area contributed by atoms with E-state index in [-0.39, 0.29) is 11.8 Å². The van der Waals surface area contributed by atoms with Crippen LogP contribution in [0.1, 0.15) is 24.8 Å². The second kappa shape index (κ2) is 6.79. The summed E-state index contributed by atoms with van der Waals surface area (Å²) in [6.45, 7) is 1.05. The van der Waals surface area contributed by atoms with Crippen molar-refractivity contribution in [3.63, 3.8) is 0 Å². The van der Waals surface area contributed by atoms with Gasteiger partial charge in [-0.1, -0.05) is 18.6 Å². The summed E-state index contributed by atoms with van der Waals surface area (Å²) in [5.74, 6) is 0.466. The average molecular weight is 324 g/mol. The van der Waals surface area contributed by atoms with Gasteiger partial charge in [-0.2, -0.15) is 0 Å². The smallest absolute Gasteiger partial charge is 0.226 e. The lowest BCUT2D eigenvalue weighted by Gasteiger charge is -2.24. The van der Waals surface area contributed by atoms with Crippen LogP contribution in [0.3, 0.4) is 0 Å². The molecule has 1 fully saturated rings. The van der Waals surface area contributed by atoms with E-state index in [9.17, 15) is 13.2 Å². The number of hydrogen-bond acceptors (Lipinski definition) is 4. The van der Waals surface area contributed by atoms with Gasteiger partial charge in [0, 0.05) is 25.8 Å². The van der Waals surface area contributed by atoms with Crippen LogP contribution in [0.2, 0.25) is 0 Å². The Morgan fingerprint density at radius 3 is 2.45 bits per heavy atom. The fourth-order valence-electron chi connectivity index (χ4n) is 3.12. The molecule has 122 valence electrons. The molecule has 0 unspecified atom stereocenters. The number of benzene rings is 1. The Hall–Kier alpha value is -1.40. The van der Waals surface area contributed by atoms with Gasteiger partial charge in [-0.15, -0.1) is 0 Å². The molecule has 0 aromatic heterocycles. The van der Waals surface area contributed by atoms with Crippen LogP contribution in [0, 0.1) is 11.8 Å². The van der Waals surface area contributed by atoms with Gasteiger partial charge in [-0.3, -0.25) is 4.79 Å². The highest BCUT2D eigenvalue weighted by atomic mass is 32.2. The lowest BCUT2D eigenvalue weighted by atomic mass is 9.95. The molecule has 1 saturated carbocycles. The van der Waals surface area contributed by atoms with Crippen LogP contribution in [0.5, 0.6) is 0 Å². The van der Waals surface area contributed by atoms with Crippen LogP contribution in [0.4, 0.5) is 0 Å². The van der Waals surface area contributed by atoms with Crippen LogP contribution < -0.4 is 5.73 Å². The molecule has 1 aliphatic rings. The van der Waals surface area contributed by atoms with Crippen molar-refractivity contribution < 1.29 is 13.2 Å². The molecule has 0 radical (unpaired) electrons. The number of rotatable bonds is 5. The molecule has 1 aromatic carbocycles. The van der Waals surface area contributed by atoms with E-state index in [1.807, 2.05) is 0 Å². The van der Waals surface area contributed by atoms with E-state index in [2.05, 4.69) is 0 Å². The van der Waals surface area contributed by atoms with Crippen LogP contribution >= 0.6 is 0 Å². The summed E-state index contributed by atoms with van der Waals surface area (Å²) < 4.78 is 22.9. The first-order valence-electron chi connectivity index (χ1n) is 7.57. The van der Waals surface area contributed by atoms with Gasteiger partial charge >= 0.3 is 0 Å². The first kappa shape index (κ1) is 17.0. The van der Waals surface area contributed by atoms with Crippen molar-refractivity contribution in [3.8, 4) is 0 Å². The van der Waals surface area contributed by atoms with Gasteiger partial charge in [-0.25, -0.2) is 8.42 Å². The maximum Gasteiger partial charge on any atom is 0.226 e. The molecule has 0 bridgehead atoms. The van der Waals surface area contributed by atoms with E-state index in [0.29, 0.717) is 23.9 Å². The summed E-state index contributed by atoms with van der Waals surface area (Å²) in [6, 6.07) is 6.69. The molecule has 2 atom stereocenters. The predicted molar refractivity (Wildman–Crippen MR) is 85.9 cm³/mol. The second-order valence-electron chi connectivity index (χ2n) is 6.14. The summed E-state index contributed by atoms with van der Waals surface area (Å²) in [4.78, 5) is 14.5. The van der Waals surface area contributed by atoms with Gasteiger partial charge < -0.3 is 10.6 Å². The van der Waals surface area contributed by atoms with Crippen molar-refractivity contribution >= 4 is 15.7 Å². The third-order valence-electron chi connectivity index (χ3n) is 4.43. The Morgan fingerprint density at radius 2 is 1.91 bits per heavy atom. The number of carbonyl (C=O) groups is 1. The molecule has 2 rings (SSSR count). The molecule has 1 amide bonds. The molecule has 5 nitrogen and oxygen atoms in total. The second-order valence-corrected chi connectivity index (χ2v) is 8.16. The molecule has 2 N–H and O–H groups in total. The molecular formula is C16H24N2O3S. The largest absolute Gasteiger partial charge is 0.341 e. The number of nitrogens with two attached hydrogens (primary N) is 1. The molecule has 1 aliphatic carbocycles. The van der Waals surface area contributed by atoms with Crippen molar-refractivity contribution in [1.82, 2.24) is 4.90 Å². The Kier molecular flexibility index (Phi) is 5.24. The zero-order chi connectivity index (χ0) is 16.3. The number of sulfone groups is 1. The number of nitrogens with zero attached hydrogens (tertiary/aromatic N) is 1. The van der Waals surface area contributed by atoms with Gasteiger partial charge in [0.25, 0.3) is 0 Å². The lowest BCUT2D eigenvalue weighted by Crippen LogP contribution is -2.36. The molecule has 22 heavy (non-hydrogen) atoms. The third kappa shape index (κ3) is 3.87. The van der Waals surface area contributed by atoms with E-state index in [1.165, 1.54) is 6.26 Å². The van der Waals surface area contributed by atoms with E-state index >= 15 is 0 Å². The van der Waals surface area contributed by atoms with Gasteiger partial charge in [0.2, 0.25) is 5.91 Å². The van der Waals surface area contributed by atoms with E-state index in [4.69, 9.17) is 5.73 Å². The van der Waals surface area contributed by atoms with Crippen molar-refractivity contribution in [1.29, 1.82) is 0 Å². The third-order valence-corrected chi connectivity index (χ3v) is 5.55. The van der Waals surface area contributed by atoms with Crippen molar-refractivity contribution in [2.24, 2.45) is 17.6 Å². The van der Waals surface area contributed by atoms with Crippen LogP contribution in [-0.4, -0.2) is 39.1 Å². The van der Waals surface area contributed by atoms with Gasteiger partial charge in [0.15, 0.2) is 9.84 Å². The summed E-state index contributed by atoms with van der Waals surface area (Å²) in [5, 5.41) is 0. The molecule has 0 spiro atoms. The molecule has 1 aromatic rings. The van der Waals surface area contributed by atoms with Crippen LogP contribution in [0.25, 0.3) is 0 Å². The Bertz CT molecular complexity index is 625. The van der Waals surface area contributed by atoms with E-state index < -0.39 is 9.84 Å². The van der Waals surface area contributed by atoms with Crippen molar-refractivity contribution in [3.05, 3.63) is 29.8 Å². The maximum atomic E-state index is 12.5. The molecule has 0 aliphatic heterocycles. The standard InChI is InChI=1S/C16H24N2O3S/c1-18(16(19)15-5-3-4-13(15)10-17)11-12-6-8-14(9-7-12)22(2,20)21/h6-9,13,15H,3-5,10-11,17H2,1-2H3/t13-,15-/m1/s1. The van der Waals surface area contributed by atoms with Gasteiger partial charge in [0.05, 0.1) is 4.90 Å². The minimum absolute atomic E-state index is 0.0327. The number of carbonyl (C=O) groups excluding carboxylic acids is 1. The SMILES string of the molecule is CN(Cc1ccc(S(C)(=O)=O)cc1)C(=O)[C@@H]1CCC[C@@H]1CN. The Morgan fingerprint density at radius 1 is 1.27 bits per heavy atom. The zero-order valence-corrected chi connectivity index (χ0v) is 14.0. The maximum absolute atomic E-state index is 12.5. The monoisotopic (exact) mass is 324 g/mol. The summed E-state index contributed by atoms with van der Waals surface area (Å²) in [7, 11) is -1.39. The minimum atomic E-state index is -3.18.